The summed E-state index contributed by atoms with van der Waals surface area (Å²) in [6.45, 7) is 1.22. The molecule has 7 heteroatoms. The van der Waals surface area contributed by atoms with E-state index < -0.39 is 10.0 Å². The van der Waals surface area contributed by atoms with Crippen molar-refractivity contribution in [1.29, 1.82) is 0 Å². The quantitative estimate of drug-likeness (QED) is 0.899. The number of sulfonamides is 1. The first-order valence-corrected chi connectivity index (χ1v) is 9.46. The third-order valence-electron chi connectivity index (χ3n) is 3.75. The summed E-state index contributed by atoms with van der Waals surface area (Å²) in [5.74, 6) is 1.15. The lowest BCUT2D eigenvalue weighted by molar-refractivity contribution is 0.246. The van der Waals surface area contributed by atoms with E-state index in [9.17, 15) is 8.42 Å². The molecule has 0 aromatic carbocycles. The van der Waals surface area contributed by atoms with Crippen LogP contribution in [-0.2, 0) is 10.0 Å². The van der Waals surface area contributed by atoms with E-state index in [-0.39, 0.29) is 6.04 Å². The molecule has 1 aliphatic rings. The summed E-state index contributed by atoms with van der Waals surface area (Å²) >= 11 is 1.60. The zero-order valence-corrected chi connectivity index (χ0v) is 13.5. The highest BCUT2D eigenvalue weighted by atomic mass is 32.2. The minimum atomic E-state index is -3.09. The number of nitrogens with zero attached hydrogens (tertiary/aromatic N) is 1. The van der Waals surface area contributed by atoms with E-state index in [4.69, 9.17) is 10.5 Å². The number of hydrogen-bond donors (Lipinski definition) is 1. The van der Waals surface area contributed by atoms with Crippen molar-refractivity contribution in [2.75, 3.05) is 26.5 Å². The van der Waals surface area contributed by atoms with Crippen LogP contribution in [0.5, 0.6) is 5.75 Å². The molecule has 0 spiro atoms. The molecule has 5 nitrogen and oxygen atoms in total. The van der Waals surface area contributed by atoms with Gasteiger partial charge in [-0.3, -0.25) is 0 Å². The van der Waals surface area contributed by atoms with Gasteiger partial charge < -0.3 is 10.5 Å². The molecule has 0 radical (unpaired) electrons. The van der Waals surface area contributed by atoms with Crippen molar-refractivity contribution in [3.63, 3.8) is 0 Å². The molecule has 2 unspecified atom stereocenters. The van der Waals surface area contributed by atoms with Crippen LogP contribution in [0.15, 0.2) is 11.4 Å². The zero-order chi connectivity index (χ0) is 14.8. The van der Waals surface area contributed by atoms with E-state index >= 15 is 0 Å². The highest BCUT2D eigenvalue weighted by molar-refractivity contribution is 7.88. The standard InChI is InChI=1S/C13H22N2O3S2/c1-18-12-5-7-19-13(12)11(14)8-10-4-3-6-15(9-10)20(2,16)17/h5,7,10-11H,3-4,6,8-9,14H2,1-2H3. The van der Waals surface area contributed by atoms with Crippen molar-refractivity contribution >= 4 is 21.4 Å². The maximum absolute atomic E-state index is 11.6. The van der Waals surface area contributed by atoms with Gasteiger partial charge in [0.15, 0.2) is 0 Å². The van der Waals surface area contributed by atoms with E-state index in [1.807, 2.05) is 11.4 Å². The molecule has 2 heterocycles. The maximum Gasteiger partial charge on any atom is 0.211 e. The predicted molar refractivity (Wildman–Crippen MR) is 81.6 cm³/mol. The molecule has 0 bridgehead atoms. The van der Waals surface area contributed by atoms with Gasteiger partial charge in [0, 0.05) is 19.1 Å². The molecule has 2 atom stereocenters. The summed E-state index contributed by atoms with van der Waals surface area (Å²) in [4.78, 5) is 1.05. The summed E-state index contributed by atoms with van der Waals surface area (Å²) in [5, 5.41) is 1.97. The van der Waals surface area contributed by atoms with Gasteiger partial charge in [-0.25, -0.2) is 12.7 Å². The number of methoxy groups -OCH3 is 1. The van der Waals surface area contributed by atoms with Gasteiger partial charge in [0.1, 0.15) is 5.75 Å². The fraction of sp³-hybridized carbons (Fsp3) is 0.692. The lowest BCUT2D eigenvalue weighted by Gasteiger charge is -2.32. The Morgan fingerprint density at radius 3 is 3.00 bits per heavy atom. The number of thiophene rings is 1. The Balaban J connectivity index is 1.99. The molecule has 2 rings (SSSR count). The van der Waals surface area contributed by atoms with E-state index in [1.54, 1.807) is 22.8 Å². The molecular weight excluding hydrogens is 296 g/mol. The van der Waals surface area contributed by atoms with Crippen LogP contribution in [0.25, 0.3) is 0 Å². The molecule has 0 saturated carbocycles. The summed E-state index contributed by atoms with van der Waals surface area (Å²) in [5.41, 5.74) is 6.26. The average molecular weight is 318 g/mol. The fourth-order valence-electron chi connectivity index (χ4n) is 2.73. The largest absolute Gasteiger partial charge is 0.496 e. The maximum atomic E-state index is 11.6. The van der Waals surface area contributed by atoms with Crippen LogP contribution >= 0.6 is 11.3 Å². The van der Waals surface area contributed by atoms with Crippen LogP contribution in [0.2, 0.25) is 0 Å². The summed E-state index contributed by atoms with van der Waals surface area (Å²) in [7, 11) is -1.45. The first kappa shape index (κ1) is 15.8. The molecule has 1 fully saturated rings. The highest BCUT2D eigenvalue weighted by Crippen LogP contribution is 2.34. The van der Waals surface area contributed by atoms with Gasteiger partial charge in [-0.2, -0.15) is 0 Å². The Bertz CT molecular complexity index is 542. The molecule has 1 aliphatic heterocycles. The van der Waals surface area contributed by atoms with E-state index in [2.05, 4.69) is 0 Å². The van der Waals surface area contributed by atoms with Gasteiger partial charge in [-0.1, -0.05) is 0 Å². The van der Waals surface area contributed by atoms with Crippen molar-refractivity contribution < 1.29 is 13.2 Å². The van der Waals surface area contributed by atoms with Crippen LogP contribution in [0.3, 0.4) is 0 Å². The Morgan fingerprint density at radius 1 is 1.60 bits per heavy atom. The zero-order valence-electron chi connectivity index (χ0n) is 11.9. The van der Waals surface area contributed by atoms with Gasteiger partial charge in [0.2, 0.25) is 10.0 Å². The molecular formula is C13H22N2O3S2. The van der Waals surface area contributed by atoms with E-state index in [1.165, 1.54) is 6.26 Å². The first-order valence-electron chi connectivity index (χ1n) is 6.74. The minimum absolute atomic E-state index is 0.0885. The minimum Gasteiger partial charge on any atom is -0.496 e. The number of ether oxygens (including phenoxy) is 1. The third-order valence-corrected chi connectivity index (χ3v) is 6.05. The lowest BCUT2D eigenvalue weighted by atomic mass is 9.92. The van der Waals surface area contributed by atoms with Crippen LogP contribution in [0.1, 0.15) is 30.2 Å². The molecule has 1 aromatic rings. The van der Waals surface area contributed by atoms with Gasteiger partial charge >= 0.3 is 0 Å². The molecule has 1 aromatic heterocycles. The number of nitrogens with two attached hydrogens (primary N) is 1. The SMILES string of the molecule is COc1ccsc1C(N)CC1CCCN(S(C)(=O)=O)C1. The van der Waals surface area contributed by atoms with Crippen molar-refractivity contribution in [1.82, 2.24) is 4.31 Å². The van der Waals surface area contributed by atoms with Crippen molar-refractivity contribution in [3.05, 3.63) is 16.3 Å². The fourth-order valence-corrected chi connectivity index (χ4v) is 4.55. The Kier molecular flexibility index (Phi) is 5.06. The van der Waals surface area contributed by atoms with E-state index in [0.29, 0.717) is 19.0 Å². The lowest BCUT2D eigenvalue weighted by Crippen LogP contribution is -2.40. The average Bonchev–Trinajstić information content (AvgIpc) is 2.86. The third kappa shape index (κ3) is 3.72. The van der Waals surface area contributed by atoms with E-state index in [0.717, 1.165) is 29.9 Å². The Hall–Kier alpha value is -0.630. The van der Waals surface area contributed by atoms with Crippen molar-refractivity contribution in [2.45, 2.75) is 25.3 Å². The highest BCUT2D eigenvalue weighted by Gasteiger charge is 2.28. The Labute approximate surface area is 124 Å². The van der Waals surface area contributed by atoms with Crippen LogP contribution in [0.4, 0.5) is 0 Å². The summed E-state index contributed by atoms with van der Waals surface area (Å²) in [6.07, 6.45) is 4.01. The van der Waals surface area contributed by atoms with Gasteiger partial charge in [-0.05, 0) is 36.6 Å². The van der Waals surface area contributed by atoms with Gasteiger partial charge in [0.25, 0.3) is 0 Å². The number of rotatable bonds is 5. The normalized spacial score (nSPS) is 22.6. The summed E-state index contributed by atoms with van der Waals surface area (Å²) in [6, 6.07) is 1.83. The van der Waals surface area contributed by atoms with Crippen molar-refractivity contribution in [2.24, 2.45) is 11.7 Å². The monoisotopic (exact) mass is 318 g/mol. The first-order chi connectivity index (χ1) is 9.41. The topological polar surface area (TPSA) is 72.6 Å². The molecule has 1 saturated heterocycles. The number of piperidine rings is 1. The van der Waals surface area contributed by atoms with Gasteiger partial charge in [0.05, 0.1) is 18.2 Å². The summed E-state index contributed by atoms with van der Waals surface area (Å²) < 4.78 is 30.1. The molecule has 114 valence electrons. The smallest absolute Gasteiger partial charge is 0.211 e. The second kappa shape index (κ2) is 6.43. The molecule has 0 amide bonds. The predicted octanol–water partition coefficient (Wildman–Crippen LogP) is 1.82. The van der Waals surface area contributed by atoms with Crippen LogP contribution in [-0.4, -0.2) is 39.2 Å². The van der Waals surface area contributed by atoms with Crippen LogP contribution in [0, 0.1) is 5.92 Å². The Morgan fingerprint density at radius 2 is 2.35 bits per heavy atom. The molecule has 2 N–H and O–H groups in total. The van der Waals surface area contributed by atoms with Crippen LogP contribution < -0.4 is 10.5 Å². The number of hydrogen-bond acceptors (Lipinski definition) is 5. The van der Waals surface area contributed by atoms with Crippen molar-refractivity contribution in [3.8, 4) is 5.75 Å². The molecule has 0 aliphatic carbocycles. The second-order valence-electron chi connectivity index (χ2n) is 5.32. The van der Waals surface area contributed by atoms with Gasteiger partial charge in [-0.15, -0.1) is 11.3 Å². The molecule has 20 heavy (non-hydrogen) atoms. The second-order valence-corrected chi connectivity index (χ2v) is 8.25.